The summed E-state index contributed by atoms with van der Waals surface area (Å²) < 4.78 is 0. The van der Waals surface area contributed by atoms with Gasteiger partial charge >= 0.3 is 0 Å². The third-order valence-corrected chi connectivity index (χ3v) is 3.90. The van der Waals surface area contributed by atoms with E-state index in [1.807, 2.05) is 6.92 Å². The largest absolute Gasteiger partial charge is 0.383 e. The molecule has 2 heterocycles. The number of likely N-dealkylation sites (N-methyl/N-ethyl adjacent to an activating group) is 1. The van der Waals surface area contributed by atoms with Crippen molar-refractivity contribution in [2.24, 2.45) is 0 Å². The van der Waals surface area contributed by atoms with E-state index in [1.165, 1.54) is 12.8 Å². The van der Waals surface area contributed by atoms with Gasteiger partial charge in [0.15, 0.2) is 0 Å². The summed E-state index contributed by atoms with van der Waals surface area (Å²) in [7, 11) is 4.25. The summed E-state index contributed by atoms with van der Waals surface area (Å²) in [5, 5.41) is 0. The van der Waals surface area contributed by atoms with Crippen molar-refractivity contribution >= 4 is 11.6 Å². The number of hydrogen-bond donors (Lipinski definition) is 1. The predicted octanol–water partition coefficient (Wildman–Crippen LogP) is 1.85. The Kier molecular flexibility index (Phi) is 4.81. The van der Waals surface area contributed by atoms with Gasteiger partial charge in [-0.1, -0.05) is 6.92 Å². The smallest absolute Gasteiger partial charge is 0.137 e. The molecule has 1 unspecified atom stereocenters. The molecule has 1 aromatic rings. The van der Waals surface area contributed by atoms with Crippen LogP contribution in [0.25, 0.3) is 0 Å². The first-order valence-electron chi connectivity index (χ1n) is 7.57. The van der Waals surface area contributed by atoms with Crippen molar-refractivity contribution < 1.29 is 0 Å². The molecule has 5 heteroatoms. The fourth-order valence-electron chi connectivity index (χ4n) is 2.91. The maximum Gasteiger partial charge on any atom is 0.137 e. The average Bonchev–Trinajstić information content (AvgIpc) is 2.81. The summed E-state index contributed by atoms with van der Waals surface area (Å²) in [5.41, 5.74) is 7.10. The van der Waals surface area contributed by atoms with E-state index in [-0.39, 0.29) is 0 Å². The molecule has 0 radical (unpaired) electrons. The first-order valence-corrected chi connectivity index (χ1v) is 7.57. The number of aromatic nitrogens is 2. The molecule has 0 bridgehead atoms. The second-order valence-electron chi connectivity index (χ2n) is 5.98. The lowest BCUT2D eigenvalue weighted by Gasteiger charge is -2.29. The van der Waals surface area contributed by atoms with Gasteiger partial charge < -0.3 is 15.5 Å². The molecule has 2 rings (SSSR count). The first kappa shape index (κ1) is 15.0. The summed E-state index contributed by atoms with van der Waals surface area (Å²) in [6.07, 6.45) is 4.39. The number of aryl methyl sites for hydroxylation is 1. The molecular weight excluding hydrogens is 250 g/mol. The Morgan fingerprint density at radius 3 is 2.75 bits per heavy atom. The van der Waals surface area contributed by atoms with Gasteiger partial charge in [0.1, 0.15) is 17.5 Å². The highest BCUT2D eigenvalue weighted by Gasteiger charge is 2.28. The van der Waals surface area contributed by atoms with Crippen LogP contribution in [0.2, 0.25) is 0 Å². The quantitative estimate of drug-likeness (QED) is 0.890. The molecule has 0 saturated carbocycles. The van der Waals surface area contributed by atoms with E-state index < -0.39 is 0 Å². The van der Waals surface area contributed by atoms with Gasteiger partial charge in [-0.2, -0.15) is 0 Å². The molecule has 1 aromatic heterocycles. The Balaban J connectivity index is 2.30. The molecule has 20 heavy (non-hydrogen) atoms. The summed E-state index contributed by atoms with van der Waals surface area (Å²) in [5.74, 6) is 2.56. The third kappa shape index (κ3) is 3.20. The molecule has 112 valence electrons. The van der Waals surface area contributed by atoms with Gasteiger partial charge in [-0.25, -0.2) is 9.97 Å². The van der Waals surface area contributed by atoms with Crippen molar-refractivity contribution in [3.63, 3.8) is 0 Å². The summed E-state index contributed by atoms with van der Waals surface area (Å²) in [6.45, 7) is 6.31. The topological polar surface area (TPSA) is 58.3 Å². The molecule has 0 spiro atoms. The van der Waals surface area contributed by atoms with Crippen LogP contribution in [0.3, 0.4) is 0 Å². The zero-order valence-corrected chi connectivity index (χ0v) is 13.2. The minimum absolute atomic E-state index is 0.535. The Bertz CT molecular complexity index is 458. The van der Waals surface area contributed by atoms with Crippen LogP contribution < -0.4 is 10.6 Å². The number of nitrogens with two attached hydrogens (primary N) is 1. The number of rotatable bonds is 5. The highest BCUT2D eigenvalue weighted by atomic mass is 15.3. The second kappa shape index (κ2) is 6.39. The molecular formula is C15H27N5. The van der Waals surface area contributed by atoms with E-state index in [9.17, 15) is 0 Å². The van der Waals surface area contributed by atoms with Crippen molar-refractivity contribution in [1.82, 2.24) is 14.9 Å². The minimum atomic E-state index is 0.535. The Labute approximate surface area is 122 Å². The molecule has 0 aromatic carbocycles. The minimum Gasteiger partial charge on any atom is -0.383 e. The standard InChI is InChI=1S/C15H27N5/c1-5-7-13-17-14(16)11(2)15(18-13)20-9-6-8-12(20)10-19(3)4/h12H,5-10H2,1-4H3,(H2,16,17,18). The van der Waals surface area contributed by atoms with Gasteiger partial charge in [-0.05, 0) is 40.3 Å². The van der Waals surface area contributed by atoms with Crippen LogP contribution in [-0.4, -0.2) is 48.1 Å². The third-order valence-electron chi connectivity index (χ3n) is 3.90. The second-order valence-corrected chi connectivity index (χ2v) is 5.98. The Hall–Kier alpha value is -1.36. The lowest BCUT2D eigenvalue weighted by atomic mass is 10.2. The van der Waals surface area contributed by atoms with Gasteiger partial charge in [0.05, 0.1) is 0 Å². The van der Waals surface area contributed by atoms with Gasteiger partial charge in [-0.3, -0.25) is 0 Å². The highest BCUT2D eigenvalue weighted by molar-refractivity contribution is 5.57. The van der Waals surface area contributed by atoms with E-state index in [4.69, 9.17) is 10.7 Å². The Morgan fingerprint density at radius 1 is 1.35 bits per heavy atom. The maximum atomic E-state index is 6.08. The van der Waals surface area contributed by atoms with Crippen LogP contribution in [0.15, 0.2) is 0 Å². The van der Waals surface area contributed by atoms with E-state index in [0.717, 1.165) is 43.1 Å². The van der Waals surface area contributed by atoms with Crippen LogP contribution in [0.5, 0.6) is 0 Å². The highest BCUT2D eigenvalue weighted by Crippen LogP contribution is 2.29. The number of nitrogens with zero attached hydrogens (tertiary/aromatic N) is 4. The molecule has 0 amide bonds. The predicted molar refractivity (Wildman–Crippen MR) is 84.1 cm³/mol. The van der Waals surface area contributed by atoms with E-state index in [0.29, 0.717) is 11.9 Å². The van der Waals surface area contributed by atoms with Crippen molar-refractivity contribution in [2.45, 2.75) is 45.6 Å². The summed E-state index contributed by atoms with van der Waals surface area (Å²) in [6, 6.07) is 0.535. The molecule has 5 nitrogen and oxygen atoms in total. The normalized spacial score (nSPS) is 19.1. The average molecular weight is 277 g/mol. The molecule has 1 aliphatic rings. The number of nitrogen functional groups attached to an aromatic ring is 1. The zero-order chi connectivity index (χ0) is 14.7. The summed E-state index contributed by atoms with van der Waals surface area (Å²) >= 11 is 0. The van der Waals surface area contributed by atoms with Crippen LogP contribution in [0.4, 0.5) is 11.6 Å². The lowest BCUT2D eigenvalue weighted by molar-refractivity contribution is 0.371. The Morgan fingerprint density at radius 2 is 2.10 bits per heavy atom. The first-order chi connectivity index (χ1) is 9.52. The van der Waals surface area contributed by atoms with Gasteiger partial charge in [0.2, 0.25) is 0 Å². The van der Waals surface area contributed by atoms with Crippen molar-refractivity contribution in [2.75, 3.05) is 37.8 Å². The van der Waals surface area contributed by atoms with Gasteiger partial charge in [0.25, 0.3) is 0 Å². The van der Waals surface area contributed by atoms with E-state index in [2.05, 4.69) is 35.8 Å². The van der Waals surface area contributed by atoms with Crippen LogP contribution in [0.1, 0.15) is 37.6 Å². The molecule has 1 aliphatic heterocycles. The monoisotopic (exact) mass is 277 g/mol. The van der Waals surface area contributed by atoms with Crippen molar-refractivity contribution in [1.29, 1.82) is 0 Å². The van der Waals surface area contributed by atoms with Crippen molar-refractivity contribution in [3.05, 3.63) is 11.4 Å². The molecule has 1 saturated heterocycles. The van der Waals surface area contributed by atoms with E-state index in [1.54, 1.807) is 0 Å². The fraction of sp³-hybridized carbons (Fsp3) is 0.733. The van der Waals surface area contributed by atoms with E-state index >= 15 is 0 Å². The van der Waals surface area contributed by atoms with Gasteiger partial charge in [0, 0.05) is 31.1 Å². The van der Waals surface area contributed by atoms with Crippen molar-refractivity contribution in [3.8, 4) is 0 Å². The van der Waals surface area contributed by atoms with Crippen LogP contribution in [-0.2, 0) is 6.42 Å². The van der Waals surface area contributed by atoms with Gasteiger partial charge in [-0.15, -0.1) is 0 Å². The fourth-order valence-corrected chi connectivity index (χ4v) is 2.91. The van der Waals surface area contributed by atoms with Crippen LogP contribution >= 0.6 is 0 Å². The molecule has 1 fully saturated rings. The SMILES string of the molecule is CCCc1nc(N)c(C)c(N2CCCC2CN(C)C)n1. The molecule has 2 N–H and O–H groups in total. The summed E-state index contributed by atoms with van der Waals surface area (Å²) in [4.78, 5) is 13.9. The molecule has 1 atom stereocenters. The number of hydrogen-bond acceptors (Lipinski definition) is 5. The zero-order valence-electron chi connectivity index (χ0n) is 13.2. The number of anilines is 2. The van der Waals surface area contributed by atoms with Crippen LogP contribution in [0, 0.1) is 6.92 Å². The maximum absolute atomic E-state index is 6.08. The molecule has 0 aliphatic carbocycles. The lowest BCUT2D eigenvalue weighted by Crippen LogP contribution is -2.38.